The molecular weight excluding hydrogens is 252 g/mol. The summed E-state index contributed by atoms with van der Waals surface area (Å²) >= 11 is 0. The maximum atomic E-state index is 10.8. The molecule has 0 aliphatic heterocycles. The van der Waals surface area contributed by atoms with Crippen molar-refractivity contribution in [2.75, 3.05) is 11.9 Å². The third-order valence-corrected chi connectivity index (χ3v) is 2.14. The minimum atomic E-state index is -0.934. The van der Waals surface area contributed by atoms with Crippen LogP contribution in [0.1, 0.15) is 20.3 Å². The summed E-state index contributed by atoms with van der Waals surface area (Å²) in [6.07, 6.45) is -0.169. The summed E-state index contributed by atoms with van der Waals surface area (Å²) in [4.78, 5) is 20.7. The van der Waals surface area contributed by atoms with Crippen LogP contribution in [-0.4, -0.2) is 28.6 Å². The number of nitrogens with one attached hydrogen (secondary N) is 1. The van der Waals surface area contributed by atoms with Crippen molar-refractivity contribution in [2.45, 2.75) is 26.4 Å². The van der Waals surface area contributed by atoms with Crippen molar-refractivity contribution in [3.8, 4) is 5.75 Å². The minimum absolute atomic E-state index is 0.0664. The van der Waals surface area contributed by atoms with Gasteiger partial charge in [-0.05, 0) is 13.8 Å². The monoisotopic (exact) mass is 268 g/mol. The van der Waals surface area contributed by atoms with Gasteiger partial charge < -0.3 is 15.2 Å². The first-order valence-electron chi connectivity index (χ1n) is 5.80. The molecule has 2 N–H and O–H groups in total. The number of nitro groups is 1. The molecule has 0 radical (unpaired) electrons. The average molecular weight is 268 g/mol. The van der Waals surface area contributed by atoms with Crippen LogP contribution in [-0.2, 0) is 4.79 Å². The van der Waals surface area contributed by atoms with Crippen molar-refractivity contribution in [3.05, 3.63) is 28.3 Å². The Balaban J connectivity index is 2.86. The molecule has 1 aromatic carbocycles. The number of carboxylic acids is 1. The molecule has 0 saturated carbocycles. The highest BCUT2D eigenvalue weighted by Gasteiger charge is 2.11. The third kappa shape index (κ3) is 5.24. The first-order chi connectivity index (χ1) is 8.88. The van der Waals surface area contributed by atoms with Crippen molar-refractivity contribution in [2.24, 2.45) is 0 Å². The number of carboxylic acid groups (broad SMARTS) is 1. The third-order valence-electron chi connectivity index (χ3n) is 2.14. The zero-order valence-corrected chi connectivity index (χ0v) is 10.8. The maximum Gasteiger partial charge on any atom is 0.305 e. The molecule has 7 heteroatoms. The van der Waals surface area contributed by atoms with Crippen LogP contribution >= 0.6 is 0 Å². The van der Waals surface area contributed by atoms with Crippen LogP contribution in [0.4, 0.5) is 11.4 Å². The lowest BCUT2D eigenvalue weighted by atomic mass is 10.2. The molecule has 0 aliphatic carbocycles. The number of nitrogens with zero attached hydrogens (tertiary/aromatic N) is 1. The van der Waals surface area contributed by atoms with Crippen molar-refractivity contribution in [1.82, 2.24) is 0 Å². The Morgan fingerprint density at radius 2 is 2.16 bits per heavy atom. The average Bonchev–Trinajstić information content (AvgIpc) is 2.27. The van der Waals surface area contributed by atoms with E-state index in [4.69, 9.17) is 9.84 Å². The van der Waals surface area contributed by atoms with Crippen molar-refractivity contribution in [3.63, 3.8) is 0 Å². The van der Waals surface area contributed by atoms with Gasteiger partial charge in [0.05, 0.1) is 23.5 Å². The van der Waals surface area contributed by atoms with Gasteiger partial charge in [-0.2, -0.15) is 0 Å². The first-order valence-corrected chi connectivity index (χ1v) is 5.80. The Hall–Kier alpha value is -2.31. The van der Waals surface area contributed by atoms with E-state index in [2.05, 4.69) is 5.32 Å². The highest BCUT2D eigenvalue weighted by molar-refractivity contribution is 5.67. The highest BCUT2D eigenvalue weighted by atomic mass is 16.6. The van der Waals surface area contributed by atoms with Crippen molar-refractivity contribution < 1.29 is 19.6 Å². The number of ether oxygens (including phenoxy) is 1. The van der Waals surface area contributed by atoms with Gasteiger partial charge in [-0.1, -0.05) is 0 Å². The topological polar surface area (TPSA) is 102 Å². The van der Waals surface area contributed by atoms with Crippen LogP contribution in [0.2, 0.25) is 0 Å². The smallest absolute Gasteiger partial charge is 0.305 e. The lowest BCUT2D eigenvalue weighted by Crippen LogP contribution is -2.09. The first kappa shape index (κ1) is 14.7. The van der Waals surface area contributed by atoms with Gasteiger partial charge in [0.25, 0.3) is 5.69 Å². The summed E-state index contributed by atoms with van der Waals surface area (Å²) in [5.41, 5.74) is 0.363. The second-order valence-electron chi connectivity index (χ2n) is 4.21. The summed E-state index contributed by atoms with van der Waals surface area (Å²) in [5.74, 6) is -0.557. The van der Waals surface area contributed by atoms with Gasteiger partial charge >= 0.3 is 5.97 Å². The molecule has 0 fully saturated rings. The Kier molecular flexibility index (Phi) is 5.11. The van der Waals surface area contributed by atoms with Gasteiger partial charge in [0.2, 0.25) is 0 Å². The number of hydrogen-bond acceptors (Lipinski definition) is 5. The van der Waals surface area contributed by atoms with Gasteiger partial charge in [0.15, 0.2) is 0 Å². The van der Waals surface area contributed by atoms with Gasteiger partial charge in [-0.3, -0.25) is 14.9 Å². The molecule has 0 bridgehead atoms. The fraction of sp³-hybridized carbons (Fsp3) is 0.417. The molecule has 104 valence electrons. The van der Waals surface area contributed by atoms with Crippen LogP contribution in [0.5, 0.6) is 5.75 Å². The van der Waals surface area contributed by atoms with E-state index in [1.54, 1.807) is 6.07 Å². The van der Waals surface area contributed by atoms with Crippen molar-refractivity contribution >= 4 is 17.3 Å². The molecule has 0 atom stereocenters. The standard InChI is InChI=1S/C12H16N2O5/c1-8(2)19-11-6-9(13-4-3-12(15)16)5-10(7-11)14(17)18/h5-8,13H,3-4H2,1-2H3,(H,15,16). The fourth-order valence-corrected chi connectivity index (χ4v) is 1.44. The van der Waals surface area contributed by atoms with Crippen molar-refractivity contribution in [1.29, 1.82) is 0 Å². The zero-order valence-electron chi connectivity index (χ0n) is 10.8. The SMILES string of the molecule is CC(C)Oc1cc(NCCC(=O)O)cc([N+](=O)[O-])c1. The van der Waals surface area contributed by atoms with Crippen LogP contribution in [0, 0.1) is 10.1 Å². The lowest BCUT2D eigenvalue weighted by Gasteiger charge is -2.12. The molecule has 0 unspecified atom stereocenters. The Labute approximate surface area is 110 Å². The number of nitro benzene ring substituents is 1. The summed E-state index contributed by atoms with van der Waals surface area (Å²) in [6.45, 7) is 3.82. The molecule has 0 aromatic heterocycles. The summed E-state index contributed by atoms with van der Waals surface area (Å²) in [6, 6.07) is 4.28. The number of non-ortho nitro benzene ring substituents is 1. The number of benzene rings is 1. The van der Waals surface area contributed by atoms with Crippen LogP contribution in [0.25, 0.3) is 0 Å². The van der Waals surface area contributed by atoms with E-state index >= 15 is 0 Å². The predicted octanol–water partition coefficient (Wildman–Crippen LogP) is 2.27. The molecule has 19 heavy (non-hydrogen) atoms. The summed E-state index contributed by atoms with van der Waals surface area (Å²) < 4.78 is 5.41. The molecule has 0 heterocycles. The van der Waals surface area contributed by atoms with Gasteiger partial charge in [0, 0.05) is 24.4 Å². The van der Waals surface area contributed by atoms with E-state index in [0.29, 0.717) is 11.4 Å². The molecule has 0 amide bonds. The van der Waals surface area contributed by atoms with E-state index in [1.165, 1.54) is 12.1 Å². The second-order valence-corrected chi connectivity index (χ2v) is 4.21. The largest absolute Gasteiger partial charge is 0.491 e. The second kappa shape index (κ2) is 6.58. The fourth-order valence-electron chi connectivity index (χ4n) is 1.44. The Morgan fingerprint density at radius 3 is 2.68 bits per heavy atom. The summed E-state index contributed by atoms with van der Waals surface area (Å²) in [5, 5.41) is 22.2. The van der Waals surface area contributed by atoms with E-state index in [0.717, 1.165) is 0 Å². The number of anilines is 1. The minimum Gasteiger partial charge on any atom is -0.491 e. The zero-order chi connectivity index (χ0) is 14.4. The molecule has 7 nitrogen and oxygen atoms in total. The molecular formula is C12H16N2O5. The number of carbonyl (C=O) groups is 1. The van der Waals surface area contributed by atoms with Crippen LogP contribution in [0.3, 0.4) is 0 Å². The van der Waals surface area contributed by atoms with Gasteiger partial charge in [0.1, 0.15) is 5.75 Å². The summed E-state index contributed by atoms with van der Waals surface area (Å²) in [7, 11) is 0. The Morgan fingerprint density at radius 1 is 1.47 bits per heavy atom. The number of rotatable bonds is 7. The van der Waals surface area contributed by atoms with Gasteiger partial charge in [-0.15, -0.1) is 0 Å². The normalized spacial score (nSPS) is 10.3. The number of aliphatic carboxylic acids is 1. The lowest BCUT2D eigenvalue weighted by molar-refractivity contribution is -0.384. The molecule has 1 aromatic rings. The van der Waals surface area contributed by atoms with E-state index in [1.807, 2.05) is 13.8 Å². The quantitative estimate of drug-likeness (QED) is 0.581. The Bertz CT molecular complexity index is 473. The molecule has 0 saturated heterocycles. The molecule has 0 aliphatic rings. The van der Waals surface area contributed by atoms with E-state index in [9.17, 15) is 14.9 Å². The predicted molar refractivity (Wildman–Crippen MR) is 69.6 cm³/mol. The maximum absolute atomic E-state index is 10.8. The highest BCUT2D eigenvalue weighted by Crippen LogP contribution is 2.26. The van der Waals surface area contributed by atoms with E-state index < -0.39 is 10.9 Å². The van der Waals surface area contributed by atoms with Crippen LogP contribution in [0.15, 0.2) is 18.2 Å². The molecule has 0 spiro atoms. The molecule has 1 rings (SSSR count). The number of hydrogen-bond donors (Lipinski definition) is 2. The van der Waals surface area contributed by atoms with Crippen LogP contribution < -0.4 is 10.1 Å². The van der Waals surface area contributed by atoms with Gasteiger partial charge in [-0.25, -0.2) is 0 Å². The van der Waals surface area contributed by atoms with E-state index in [-0.39, 0.29) is 24.8 Å².